The topological polar surface area (TPSA) is 92.8 Å². The molecule has 0 spiro atoms. The number of rotatable bonds is 5. The van der Waals surface area contributed by atoms with Crippen LogP contribution in [0.4, 0.5) is 0 Å². The first kappa shape index (κ1) is 20.5. The number of hydrogen-bond donors (Lipinski definition) is 2. The molecule has 0 atom stereocenters. The lowest BCUT2D eigenvalue weighted by molar-refractivity contribution is -0.0689. The number of carbonyl (C=O) groups is 1. The molecule has 1 aliphatic rings. The smallest absolute Gasteiger partial charge is 0.336 e. The van der Waals surface area contributed by atoms with E-state index in [2.05, 4.69) is 0 Å². The van der Waals surface area contributed by atoms with Crippen molar-refractivity contribution in [3.05, 3.63) is 59.2 Å². The highest BCUT2D eigenvalue weighted by Gasteiger charge is 2.38. The second-order valence-corrected chi connectivity index (χ2v) is 9.10. The number of aromatic nitrogens is 1. The molecular weight excluding hydrogens is 406 g/mol. The molecule has 0 unspecified atom stereocenters. The number of furan rings is 1. The van der Waals surface area contributed by atoms with Gasteiger partial charge in [-0.05, 0) is 63.3 Å². The van der Waals surface area contributed by atoms with Crippen LogP contribution in [0.5, 0.6) is 5.75 Å². The maximum absolute atomic E-state index is 12.3. The molecule has 164 valence electrons. The molecule has 2 N–H and O–H groups in total. The van der Waals surface area contributed by atoms with Crippen molar-refractivity contribution < 1.29 is 24.2 Å². The Hall–Kier alpha value is -3.38. The summed E-state index contributed by atoms with van der Waals surface area (Å²) in [4.78, 5) is 17.1. The molecule has 0 aliphatic heterocycles. The molecule has 4 aromatic rings. The molecule has 6 heteroatoms. The summed E-state index contributed by atoms with van der Waals surface area (Å²) in [6.45, 7) is 6.10. The lowest BCUT2D eigenvalue weighted by atomic mass is 9.73. The predicted octanol–water partition coefficient (Wildman–Crippen LogP) is 5.50. The van der Waals surface area contributed by atoms with Gasteiger partial charge in [0, 0.05) is 10.9 Å². The van der Waals surface area contributed by atoms with E-state index in [9.17, 15) is 15.0 Å². The Morgan fingerprint density at radius 2 is 1.97 bits per heavy atom. The van der Waals surface area contributed by atoms with Gasteiger partial charge in [0.05, 0.1) is 28.7 Å². The summed E-state index contributed by atoms with van der Waals surface area (Å²) < 4.78 is 12.1. The van der Waals surface area contributed by atoms with Crippen LogP contribution < -0.4 is 4.74 Å². The number of para-hydroxylation sites is 1. The molecule has 0 radical (unpaired) electrons. The van der Waals surface area contributed by atoms with Gasteiger partial charge in [-0.2, -0.15) is 0 Å². The van der Waals surface area contributed by atoms with Crippen molar-refractivity contribution in [2.45, 2.75) is 39.2 Å². The zero-order chi connectivity index (χ0) is 22.6. The van der Waals surface area contributed by atoms with E-state index in [4.69, 9.17) is 14.1 Å². The lowest BCUT2D eigenvalue weighted by Gasteiger charge is -2.40. The molecule has 0 amide bonds. The summed E-state index contributed by atoms with van der Waals surface area (Å²) in [5.41, 5.74) is 3.09. The minimum atomic E-state index is -1.05. The van der Waals surface area contributed by atoms with E-state index in [1.807, 2.05) is 51.1 Å². The van der Waals surface area contributed by atoms with Crippen LogP contribution in [-0.4, -0.2) is 33.4 Å². The normalized spacial score (nSPS) is 20.4. The fourth-order valence-corrected chi connectivity index (χ4v) is 4.78. The second kappa shape index (κ2) is 7.35. The number of carboxylic acids is 1. The Kier molecular flexibility index (Phi) is 4.71. The van der Waals surface area contributed by atoms with Gasteiger partial charge in [-0.15, -0.1) is 0 Å². The van der Waals surface area contributed by atoms with E-state index in [-0.39, 0.29) is 11.5 Å². The summed E-state index contributed by atoms with van der Waals surface area (Å²) in [6, 6.07) is 13.0. The highest BCUT2D eigenvalue weighted by molar-refractivity contribution is 6.07. The first-order chi connectivity index (χ1) is 15.2. The maximum Gasteiger partial charge on any atom is 0.336 e. The van der Waals surface area contributed by atoms with Crippen LogP contribution in [-0.2, 0) is 0 Å². The standard InChI is InChI=1S/C26H25NO5/c1-14-8-9-21(31-13-16-11-26(3,30)12-16)22-18(25(28)29)10-19(27-23(14)22)24-15(2)17-6-4-5-7-20(17)32-24/h4-10,16,30H,11-13H2,1-3H3,(H,28,29). The van der Waals surface area contributed by atoms with Gasteiger partial charge in [0.15, 0.2) is 5.76 Å². The zero-order valence-corrected chi connectivity index (χ0v) is 18.3. The summed E-state index contributed by atoms with van der Waals surface area (Å²) in [6.07, 6.45) is 1.35. The number of ether oxygens (including phenoxy) is 1. The highest BCUT2D eigenvalue weighted by atomic mass is 16.5. The first-order valence-corrected chi connectivity index (χ1v) is 10.7. The minimum absolute atomic E-state index is 0.129. The molecule has 2 aromatic heterocycles. The molecule has 6 nitrogen and oxygen atoms in total. The number of benzene rings is 2. The van der Waals surface area contributed by atoms with Crippen molar-refractivity contribution in [1.29, 1.82) is 0 Å². The third kappa shape index (κ3) is 3.41. The molecular formula is C26H25NO5. The highest BCUT2D eigenvalue weighted by Crippen LogP contribution is 2.40. The monoisotopic (exact) mass is 431 g/mol. The van der Waals surface area contributed by atoms with Gasteiger partial charge in [-0.1, -0.05) is 24.3 Å². The summed E-state index contributed by atoms with van der Waals surface area (Å²) in [5, 5.41) is 21.5. The number of aliphatic hydroxyl groups is 1. The number of hydrogen-bond acceptors (Lipinski definition) is 5. The molecule has 0 bridgehead atoms. The molecule has 1 aliphatic carbocycles. The largest absolute Gasteiger partial charge is 0.493 e. The number of aromatic carboxylic acids is 1. The van der Waals surface area contributed by atoms with Crippen LogP contribution in [0, 0.1) is 19.8 Å². The van der Waals surface area contributed by atoms with Gasteiger partial charge in [-0.3, -0.25) is 0 Å². The lowest BCUT2D eigenvalue weighted by Crippen LogP contribution is -2.43. The van der Waals surface area contributed by atoms with Gasteiger partial charge in [0.25, 0.3) is 0 Å². The number of carboxylic acid groups (broad SMARTS) is 1. The van der Waals surface area contributed by atoms with E-state index >= 15 is 0 Å². The average molecular weight is 431 g/mol. The molecule has 2 heterocycles. The van der Waals surface area contributed by atoms with Crippen molar-refractivity contribution in [2.24, 2.45) is 5.92 Å². The number of aryl methyl sites for hydroxylation is 2. The van der Waals surface area contributed by atoms with E-state index in [0.29, 0.717) is 47.6 Å². The number of pyridine rings is 1. The zero-order valence-electron chi connectivity index (χ0n) is 18.3. The van der Waals surface area contributed by atoms with Crippen molar-refractivity contribution in [3.8, 4) is 17.2 Å². The van der Waals surface area contributed by atoms with Crippen molar-refractivity contribution in [3.63, 3.8) is 0 Å². The van der Waals surface area contributed by atoms with Crippen LogP contribution in [0.25, 0.3) is 33.3 Å². The SMILES string of the molecule is Cc1c(-c2cc(C(=O)O)c3c(OCC4CC(C)(O)C4)ccc(C)c3n2)oc2ccccc12. The fraction of sp³-hybridized carbons (Fsp3) is 0.308. The molecule has 2 aromatic carbocycles. The summed E-state index contributed by atoms with van der Waals surface area (Å²) in [7, 11) is 0. The molecule has 32 heavy (non-hydrogen) atoms. The molecule has 1 saturated carbocycles. The second-order valence-electron chi connectivity index (χ2n) is 9.10. The number of nitrogens with zero attached hydrogens (tertiary/aromatic N) is 1. The predicted molar refractivity (Wildman–Crippen MR) is 122 cm³/mol. The Labute approximate surface area is 185 Å². The van der Waals surface area contributed by atoms with Crippen molar-refractivity contribution in [1.82, 2.24) is 4.98 Å². The fourth-order valence-electron chi connectivity index (χ4n) is 4.78. The van der Waals surface area contributed by atoms with Gasteiger partial charge >= 0.3 is 5.97 Å². The van der Waals surface area contributed by atoms with Crippen molar-refractivity contribution in [2.75, 3.05) is 6.61 Å². The van der Waals surface area contributed by atoms with Gasteiger partial charge in [-0.25, -0.2) is 9.78 Å². The minimum Gasteiger partial charge on any atom is -0.493 e. The molecule has 1 fully saturated rings. The Morgan fingerprint density at radius 1 is 1.22 bits per heavy atom. The Balaban J connectivity index is 1.62. The third-order valence-electron chi connectivity index (χ3n) is 6.36. The average Bonchev–Trinajstić information content (AvgIpc) is 3.08. The number of fused-ring (bicyclic) bond motifs is 2. The van der Waals surface area contributed by atoms with E-state index in [1.165, 1.54) is 0 Å². The molecule has 0 saturated heterocycles. The summed E-state index contributed by atoms with van der Waals surface area (Å²) >= 11 is 0. The van der Waals surface area contributed by atoms with Crippen LogP contribution in [0.3, 0.4) is 0 Å². The van der Waals surface area contributed by atoms with Crippen LogP contribution in [0.1, 0.15) is 41.3 Å². The van der Waals surface area contributed by atoms with Crippen molar-refractivity contribution >= 4 is 27.8 Å². The van der Waals surface area contributed by atoms with Gasteiger partial charge in [0.1, 0.15) is 17.0 Å². The Morgan fingerprint density at radius 3 is 2.66 bits per heavy atom. The quantitative estimate of drug-likeness (QED) is 0.433. The summed E-state index contributed by atoms with van der Waals surface area (Å²) in [5.74, 6) is 0.266. The first-order valence-electron chi connectivity index (χ1n) is 10.7. The van der Waals surface area contributed by atoms with Gasteiger partial charge < -0.3 is 19.4 Å². The van der Waals surface area contributed by atoms with Crippen LogP contribution in [0.2, 0.25) is 0 Å². The van der Waals surface area contributed by atoms with E-state index in [1.54, 1.807) is 12.1 Å². The molecule has 5 rings (SSSR count). The van der Waals surface area contributed by atoms with Crippen LogP contribution in [0.15, 0.2) is 46.9 Å². The third-order valence-corrected chi connectivity index (χ3v) is 6.36. The van der Waals surface area contributed by atoms with E-state index < -0.39 is 11.6 Å². The Bertz CT molecular complexity index is 1360. The maximum atomic E-state index is 12.3. The van der Waals surface area contributed by atoms with Crippen LogP contribution >= 0.6 is 0 Å². The van der Waals surface area contributed by atoms with E-state index in [0.717, 1.165) is 22.1 Å². The van der Waals surface area contributed by atoms with Gasteiger partial charge in [0.2, 0.25) is 0 Å².